The Labute approximate surface area is 108 Å². The third-order valence-electron chi connectivity index (χ3n) is 2.90. The number of ether oxygens (including phenoxy) is 1. The van der Waals surface area contributed by atoms with E-state index >= 15 is 0 Å². The van der Waals surface area contributed by atoms with Crippen molar-refractivity contribution in [1.29, 1.82) is 0 Å². The van der Waals surface area contributed by atoms with Crippen molar-refractivity contribution < 1.29 is 4.74 Å². The standard InChI is InChI=1S/C13H18N2O.ClH/c1-8(14)6-13-9(2)11-7-10(16-3)4-5-12(11)15-13;/h4-5,7-8,15H,6,14H2,1-3H3;1H. The summed E-state index contributed by atoms with van der Waals surface area (Å²) < 4.78 is 5.23. The molecule has 0 bridgehead atoms. The van der Waals surface area contributed by atoms with Crippen molar-refractivity contribution >= 4 is 23.3 Å². The highest BCUT2D eigenvalue weighted by Crippen LogP contribution is 2.26. The highest BCUT2D eigenvalue weighted by atomic mass is 35.5. The largest absolute Gasteiger partial charge is 0.497 e. The van der Waals surface area contributed by atoms with E-state index in [1.807, 2.05) is 19.1 Å². The Bertz CT molecular complexity index is 505. The van der Waals surface area contributed by atoms with Gasteiger partial charge in [0.05, 0.1) is 7.11 Å². The molecule has 1 unspecified atom stereocenters. The van der Waals surface area contributed by atoms with Crippen LogP contribution in [0.3, 0.4) is 0 Å². The average Bonchev–Trinajstić information content (AvgIpc) is 2.55. The maximum Gasteiger partial charge on any atom is 0.119 e. The van der Waals surface area contributed by atoms with Gasteiger partial charge in [-0.15, -0.1) is 12.4 Å². The van der Waals surface area contributed by atoms with E-state index in [1.54, 1.807) is 7.11 Å². The summed E-state index contributed by atoms with van der Waals surface area (Å²) in [5.74, 6) is 0.891. The summed E-state index contributed by atoms with van der Waals surface area (Å²) in [5.41, 5.74) is 9.46. The van der Waals surface area contributed by atoms with E-state index in [0.717, 1.165) is 17.7 Å². The molecular formula is C13H19ClN2O. The van der Waals surface area contributed by atoms with Crippen molar-refractivity contribution in [3.8, 4) is 5.75 Å². The van der Waals surface area contributed by atoms with E-state index in [-0.39, 0.29) is 18.4 Å². The summed E-state index contributed by atoms with van der Waals surface area (Å²) in [6, 6.07) is 6.25. The van der Waals surface area contributed by atoms with Gasteiger partial charge in [0.15, 0.2) is 0 Å². The van der Waals surface area contributed by atoms with Gasteiger partial charge in [0, 0.05) is 29.1 Å². The van der Waals surface area contributed by atoms with E-state index < -0.39 is 0 Å². The third-order valence-corrected chi connectivity index (χ3v) is 2.90. The maximum atomic E-state index is 5.83. The second-order valence-corrected chi connectivity index (χ2v) is 4.32. The second kappa shape index (κ2) is 5.43. The number of nitrogens with one attached hydrogen (secondary N) is 1. The smallest absolute Gasteiger partial charge is 0.119 e. The molecule has 0 aliphatic rings. The molecule has 0 aliphatic heterocycles. The minimum absolute atomic E-state index is 0. The van der Waals surface area contributed by atoms with Crippen LogP contribution in [0.15, 0.2) is 18.2 Å². The fourth-order valence-electron chi connectivity index (χ4n) is 2.01. The molecule has 1 aromatic heterocycles. The fourth-order valence-corrected chi connectivity index (χ4v) is 2.01. The van der Waals surface area contributed by atoms with Crippen LogP contribution >= 0.6 is 12.4 Å². The number of fused-ring (bicyclic) bond motifs is 1. The molecule has 94 valence electrons. The highest BCUT2D eigenvalue weighted by Gasteiger charge is 2.09. The first kappa shape index (κ1) is 13.9. The van der Waals surface area contributed by atoms with E-state index in [2.05, 4.69) is 18.0 Å². The minimum atomic E-state index is 0. The van der Waals surface area contributed by atoms with Gasteiger partial charge >= 0.3 is 0 Å². The number of aryl methyl sites for hydroxylation is 1. The Morgan fingerprint density at radius 1 is 1.41 bits per heavy atom. The van der Waals surface area contributed by atoms with Crippen molar-refractivity contribution in [2.75, 3.05) is 7.11 Å². The van der Waals surface area contributed by atoms with E-state index in [9.17, 15) is 0 Å². The molecule has 4 heteroatoms. The normalized spacial score (nSPS) is 12.2. The van der Waals surface area contributed by atoms with Crippen molar-refractivity contribution in [3.63, 3.8) is 0 Å². The van der Waals surface area contributed by atoms with Gasteiger partial charge in [0.2, 0.25) is 0 Å². The quantitative estimate of drug-likeness (QED) is 0.885. The van der Waals surface area contributed by atoms with Gasteiger partial charge in [-0.05, 0) is 37.6 Å². The SMILES string of the molecule is COc1ccc2[nH]c(CC(C)N)c(C)c2c1.Cl. The molecule has 0 radical (unpaired) electrons. The van der Waals surface area contributed by atoms with Crippen molar-refractivity contribution in [1.82, 2.24) is 4.98 Å². The lowest BCUT2D eigenvalue weighted by atomic mass is 10.1. The molecule has 0 saturated carbocycles. The number of aromatic amines is 1. The van der Waals surface area contributed by atoms with Crippen LogP contribution in [0, 0.1) is 6.92 Å². The van der Waals surface area contributed by atoms with Crippen LogP contribution in [0.5, 0.6) is 5.75 Å². The van der Waals surface area contributed by atoms with Gasteiger partial charge in [-0.1, -0.05) is 0 Å². The monoisotopic (exact) mass is 254 g/mol. The van der Waals surface area contributed by atoms with Crippen LogP contribution in [0.2, 0.25) is 0 Å². The molecule has 0 aliphatic carbocycles. The molecule has 2 aromatic rings. The molecule has 3 nitrogen and oxygen atoms in total. The Morgan fingerprint density at radius 3 is 2.71 bits per heavy atom. The lowest BCUT2D eigenvalue weighted by molar-refractivity contribution is 0.415. The van der Waals surface area contributed by atoms with Crippen LogP contribution in [0.4, 0.5) is 0 Å². The number of hydrogen-bond acceptors (Lipinski definition) is 2. The predicted octanol–water partition coefficient (Wildman–Crippen LogP) is 2.80. The molecular weight excluding hydrogens is 236 g/mol. The molecule has 1 atom stereocenters. The number of H-pyrrole nitrogens is 1. The molecule has 1 aromatic carbocycles. The Balaban J connectivity index is 0.00000144. The van der Waals surface area contributed by atoms with Gasteiger partial charge in [0.1, 0.15) is 5.75 Å². The van der Waals surface area contributed by atoms with Crippen molar-refractivity contribution in [3.05, 3.63) is 29.5 Å². The molecule has 0 saturated heterocycles. The molecule has 1 heterocycles. The fraction of sp³-hybridized carbons (Fsp3) is 0.385. The van der Waals surface area contributed by atoms with Gasteiger partial charge in [-0.2, -0.15) is 0 Å². The van der Waals surface area contributed by atoms with Crippen molar-refractivity contribution in [2.24, 2.45) is 5.73 Å². The molecule has 3 N–H and O–H groups in total. The first-order valence-electron chi connectivity index (χ1n) is 5.52. The summed E-state index contributed by atoms with van der Waals surface area (Å²) in [6.45, 7) is 4.14. The predicted molar refractivity (Wildman–Crippen MR) is 74.2 cm³/mol. The van der Waals surface area contributed by atoms with Gasteiger partial charge in [0.25, 0.3) is 0 Å². The number of aromatic nitrogens is 1. The molecule has 17 heavy (non-hydrogen) atoms. The molecule has 2 rings (SSSR count). The summed E-state index contributed by atoms with van der Waals surface area (Å²) in [6.07, 6.45) is 0.878. The Morgan fingerprint density at radius 2 is 2.12 bits per heavy atom. The van der Waals surface area contributed by atoms with Gasteiger partial charge in [-0.25, -0.2) is 0 Å². The zero-order valence-corrected chi connectivity index (χ0v) is 11.2. The number of methoxy groups -OCH3 is 1. The second-order valence-electron chi connectivity index (χ2n) is 4.32. The van der Waals surface area contributed by atoms with Crippen LogP contribution < -0.4 is 10.5 Å². The number of hydrogen-bond donors (Lipinski definition) is 2. The van der Waals surface area contributed by atoms with Crippen LogP contribution in [-0.4, -0.2) is 18.1 Å². The summed E-state index contributed by atoms with van der Waals surface area (Å²) >= 11 is 0. The Kier molecular flexibility index (Phi) is 4.43. The van der Waals surface area contributed by atoms with E-state index in [0.29, 0.717) is 0 Å². The average molecular weight is 255 g/mol. The highest BCUT2D eigenvalue weighted by molar-refractivity contribution is 5.86. The van der Waals surface area contributed by atoms with Gasteiger partial charge in [-0.3, -0.25) is 0 Å². The van der Waals surface area contributed by atoms with Crippen LogP contribution in [0.25, 0.3) is 10.9 Å². The number of benzene rings is 1. The molecule has 0 fully saturated rings. The number of rotatable bonds is 3. The van der Waals surface area contributed by atoms with Crippen LogP contribution in [0.1, 0.15) is 18.2 Å². The number of halogens is 1. The molecule has 0 spiro atoms. The van der Waals surface area contributed by atoms with Crippen LogP contribution in [-0.2, 0) is 6.42 Å². The molecule has 0 amide bonds. The minimum Gasteiger partial charge on any atom is -0.497 e. The lowest BCUT2D eigenvalue weighted by Gasteiger charge is -2.03. The Hall–Kier alpha value is -1.19. The van der Waals surface area contributed by atoms with E-state index in [4.69, 9.17) is 10.5 Å². The summed E-state index contributed by atoms with van der Waals surface area (Å²) in [7, 11) is 1.69. The van der Waals surface area contributed by atoms with E-state index in [1.165, 1.54) is 16.6 Å². The lowest BCUT2D eigenvalue weighted by Crippen LogP contribution is -2.18. The van der Waals surface area contributed by atoms with Crippen molar-refractivity contribution in [2.45, 2.75) is 26.3 Å². The van der Waals surface area contributed by atoms with Gasteiger partial charge < -0.3 is 15.5 Å². The number of nitrogens with two attached hydrogens (primary N) is 1. The summed E-state index contributed by atoms with van der Waals surface area (Å²) in [4.78, 5) is 3.41. The third kappa shape index (κ3) is 2.73. The zero-order valence-electron chi connectivity index (χ0n) is 10.4. The first-order valence-corrected chi connectivity index (χ1v) is 5.52. The maximum absolute atomic E-state index is 5.83. The first-order chi connectivity index (χ1) is 7.61. The topological polar surface area (TPSA) is 51.0 Å². The zero-order chi connectivity index (χ0) is 11.7. The summed E-state index contributed by atoms with van der Waals surface area (Å²) in [5, 5.41) is 1.22.